The number of aliphatic hydroxyl groups excluding tert-OH is 1. The van der Waals surface area contributed by atoms with E-state index in [4.69, 9.17) is 10.2 Å². The lowest BCUT2D eigenvalue weighted by Crippen LogP contribution is -1.93. The quantitative estimate of drug-likeness (QED) is 0.387. The smallest absolute Gasteiger partial charge is 0.335 e. The largest absolute Gasteiger partial charge is 0.478 e. The van der Waals surface area contributed by atoms with Crippen molar-refractivity contribution < 1.29 is 15.0 Å². The van der Waals surface area contributed by atoms with Gasteiger partial charge in [0, 0.05) is 6.61 Å². The first kappa shape index (κ1) is 19.5. The Morgan fingerprint density at radius 1 is 0.714 bits per heavy atom. The summed E-state index contributed by atoms with van der Waals surface area (Å²) in [7, 11) is 0. The lowest BCUT2D eigenvalue weighted by Gasteiger charge is -2.05. The second-order valence-electron chi connectivity index (χ2n) is 6.48. The van der Waals surface area contributed by atoms with Crippen LogP contribution in [0.2, 0.25) is 0 Å². The number of unbranched alkanes of at least 4 members (excludes halogenated alkanes) is 1. The molecule has 0 fully saturated rings. The Labute approximate surface area is 164 Å². The van der Waals surface area contributed by atoms with Crippen LogP contribution in [0.1, 0.15) is 28.8 Å². The number of hydrogen-bond donors (Lipinski definition) is 2. The molecule has 0 saturated carbocycles. The predicted molar refractivity (Wildman–Crippen MR) is 109 cm³/mol. The maximum Gasteiger partial charge on any atom is 0.335 e. The number of aromatic carboxylic acids is 1. The van der Waals surface area contributed by atoms with E-state index >= 15 is 0 Å². The van der Waals surface area contributed by atoms with Gasteiger partial charge in [-0.2, -0.15) is 10.2 Å². The fourth-order valence-corrected chi connectivity index (χ4v) is 2.81. The molecule has 0 spiro atoms. The molecule has 0 aliphatic heterocycles. The van der Waals surface area contributed by atoms with Crippen LogP contribution >= 0.6 is 0 Å². The fourth-order valence-electron chi connectivity index (χ4n) is 2.81. The topological polar surface area (TPSA) is 82.2 Å². The van der Waals surface area contributed by atoms with Crippen LogP contribution in [0.3, 0.4) is 0 Å². The van der Waals surface area contributed by atoms with Crippen LogP contribution in [0.5, 0.6) is 0 Å². The average molecular weight is 374 g/mol. The van der Waals surface area contributed by atoms with Gasteiger partial charge in [0.1, 0.15) is 0 Å². The summed E-state index contributed by atoms with van der Waals surface area (Å²) in [6, 6.07) is 22.5. The molecule has 3 rings (SSSR count). The predicted octanol–water partition coefficient (Wildman–Crippen LogP) is 5.78. The molecule has 0 atom stereocenters. The number of nitrogens with zero attached hydrogens (tertiary/aromatic N) is 2. The molecule has 3 aromatic rings. The van der Waals surface area contributed by atoms with Crippen molar-refractivity contribution in [2.75, 3.05) is 6.61 Å². The number of benzene rings is 3. The van der Waals surface area contributed by atoms with Crippen LogP contribution in [0, 0.1) is 0 Å². The van der Waals surface area contributed by atoms with Gasteiger partial charge >= 0.3 is 5.97 Å². The van der Waals surface area contributed by atoms with E-state index in [1.165, 1.54) is 17.7 Å². The van der Waals surface area contributed by atoms with Crippen molar-refractivity contribution >= 4 is 17.3 Å². The summed E-state index contributed by atoms with van der Waals surface area (Å²) in [5.74, 6) is -0.961. The van der Waals surface area contributed by atoms with Crippen LogP contribution in [0.15, 0.2) is 83.0 Å². The number of azo groups is 1. The Bertz CT molecular complexity index is 931. The van der Waals surface area contributed by atoms with Crippen LogP contribution in [0.4, 0.5) is 11.4 Å². The zero-order valence-corrected chi connectivity index (χ0v) is 15.5. The SMILES string of the molecule is O=C(O)c1ccc(N=Nc2ccc(-c3ccc(CCCCO)cc3)cc2)cc1. The number of aryl methyl sites for hydroxylation is 1. The Kier molecular flexibility index (Phi) is 6.65. The molecule has 28 heavy (non-hydrogen) atoms. The summed E-state index contributed by atoms with van der Waals surface area (Å²) in [6.45, 7) is 0.245. The van der Waals surface area contributed by atoms with Crippen LogP contribution in [-0.4, -0.2) is 22.8 Å². The monoisotopic (exact) mass is 374 g/mol. The summed E-state index contributed by atoms with van der Waals surface area (Å²) in [5.41, 5.74) is 5.07. The van der Waals surface area contributed by atoms with Gasteiger partial charge in [0.05, 0.1) is 16.9 Å². The average Bonchev–Trinajstić information content (AvgIpc) is 2.74. The first-order valence-corrected chi connectivity index (χ1v) is 9.21. The minimum Gasteiger partial charge on any atom is -0.478 e. The minimum atomic E-state index is -0.961. The summed E-state index contributed by atoms with van der Waals surface area (Å²) < 4.78 is 0. The number of hydrogen-bond acceptors (Lipinski definition) is 4. The third-order valence-corrected chi connectivity index (χ3v) is 4.42. The summed E-state index contributed by atoms with van der Waals surface area (Å²) in [6.07, 6.45) is 2.81. The van der Waals surface area contributed by atoms with Crippen molar-refractivity contribution in [3.05, 3.63) is 83.9 Å². The Morgan fingerprint density at radius 3 is 1.71 bits per heavy atom. The first-order valence-electron chi connectivity index (χ1n) is 9.21. The van der Waals surface area contributed by atoms with E-state index in [9.17, 15) is 4.79 Å². The van der Waals surface area contributed by atoms with Gasteiger partial charge in [-0.1, -0.05) is 36.4 Å². The highest BCUT2D eigenvalue weighted by Gasteiger charge is 2.02. The maximum atomic E-state index is 10.9. The van der Waals surface area contributed by atoms with Crippen molar-refractivity contribution in [2.45, 2.75) is 19.3 Å². The van der Waals surface area contributed by atoms with Gasteiger partial charge in [-0.3, -0.25) is 0 Å². The Morgan fingerprint density at radius 2 is 1.21 bits per heavy atom. The molecular weight excluding hydrogens is 352 g/mol. The van der Waals surface area contributed by atoms with Gasteiger partial charge in [0.25, 0.3) is 0 Å². The molecule has 0 saturated heterocycles. The van der Waals surface area contributed by atoms with E-state index in [0.717, 1.165) is 36.1 Å². The molecule has 0 aliphatic carbocycles. The normalized spacial score (nSPS) is 11.0. The van der Waals surface area contributed by atoms with Crippen molar-refractivity contribution in [1.29, 1.82) is 0 Å². The van der Waals surface area contributed by atoms with Crippen molar-refractivity contribution in [2.24, 2.45) is 10.2 Å². The van der Waals surface area contributed by atoms with Crippen LogP contribution < -0.4 is 0 Å². The third kappa shape index (κ3) is 5.34. The van der Waals surface area contributed by atoms with Gasteiger partial charge in [-0.05, 0) is 72.4 Å². The number of aliphatic hydroxyl groups is 1. The number of carboxylic acids is 1. The van der Waals surface area contributed by atoms with Gasteiger partial charge in [-0.15, -0.1) is 0 Å². The summed E-state index contributed by atoms with van der Waals surface area (Å²) in [5, 5.41) is 26.1. The molecule has 142 valence electrons. The highest BCUT2D eigenvalue weighted by molar-refractivity contribution is 5.87. The van der Waals surface area contributed by atoms with E-state index in [2.05, 4.69) is 34.5 Å². The highest BCUT2D eigenvalue weighted by atomic mass is 16.4. The van der Waals surface area contributed by atoms with E-state index < -0.39 is 5.97 Å². The van der Waals surface area contributed by atoms with Crippen molar-refractivity contribution in [1.82, 2.24) is 0 Å². The molecule has 0 unspecified atom stereocenters. The minimum absolute atomic E-state index is 0.225. The maximum absolute atomic E-state index is 10.9. The summed E-state index contributed by atoms with van der Waals surface area (Å²) in [4.78, 5) is 10.9. The van der Waals surface area contributed by atoms with Crippen molar-refractivity contribution in [3.8, 4) is 11.1 Å². The summed E-state index contributed by atoms with van der Waals surface area (Å²) >= 11 is 0. The molecule has 2 N–H and O–H groups in total. The fraction of sp³-hybridized carbons (Fsp3) is 0.174. The molecule has 0 heterocycles. The zero-order chi connectivity index (χ0) is 19.8. The highest BCUT2D eigenvalue weighted by Crippen LogP contribution is 2.25. The molecule has 0 amide bonds. The number of rotatable bonds is 8. The molecular formula is C23H22N2O3. The Balaban J connectivity index is 1.63. The molecule has 5 nitrogen and oxygen atoms in total. The number of carboxylic acid groups (broad SMARTS) is 1. The molecule has 0 aliphatic rings. The lowest BCUT2D eigenvalue weighted by atomic mass is 10.0. The van der Waals surface area contributed by atoms with E-state index in [-0.39, 0.29) is 12.2 Å². The van der Waals surface area contributed by atoms with Gasteiger partial charge in [-0.25, -0.2) is 4.79 Å². The van der Waals surface area contributed by atoms with Gasteiger partial charge in [0.2, 0.25) is 0 Å². The molecule has 0 bridgehead atoms. The Hall–Kier alpha value is -3.31. The molecule has 5 heteroatoms. The van der Waals surface area contributed by atoms with E-state index in [1.807, 2.05) is 24.3 Å². The molecule has 0 aromatic heterocycles. The molecule has 3 aromatic carbocycles. The zero-order valence-electron chi connectivity index (χ0n) is 15.5. The van der Waals surface area contributed by atoms with Gasteiger partial charge in [0.15, 0.2) is 0 Å². The second-order valence-corrected chi connectivity index (χ2v) is 6.48. The van der Waals surface area contributed by atoms with Gasteiger partial charge < -0.3 is 10.2 Å². The number of carbonyl (C=O) groups is 1. The van der Waals surface area contributed by atoms with Crippen molar-refractivity contribution in [3.63, 3.8) is 0 Å². The van der Waals surface area contributed by atoms with Crippen LogP contribution in [-0.2, 0) is 6.42 Å². The first-order chi connectivity index (χ1) is 13.7. The van der Waals surface area contributed by atoms with Crippen LogP contribution in [0.25, 0.3) is 11.1 Å². The van der Waals surface area contributed by atoms with E-state index in [0.29, 0.717) is 5.69 Å². The second kappa shape index (κ2) is 9.58. The molecule has 0 radical (unpaired) electrons. The standard InChI is InChI=1S/C23H22N2O3/c26-16-2-1-3-17-4-6-18(7-5-17)19-8-12-21(13-9-19)24-25-22-14-10-20(11-15-22)23(27)28/h4-15,26H,1-3,16H2,(H,27,28). The third-order valence-electron chi connectivity index (χ3n) is 4.42. The lowest BCUT2D eigenvalue weighted by molar-refractivity contribution is 0.0697. The van der Waals surface area contributed by atoms with E-state index in [1.54, 1.807) is 12.1 Å².